The van der Waals surface area contributed by atoms with E-state index in [2.05, 4.69) is 29.1 Å². The van der Waals surface area contributed by atoms with Gasteiger partial charge in [0.25, 0.3) is 0 Å². The van der Waals surface area contributed by atoms with Crippen LogP contribution in [0.3, 0.4) is 0 Å². The highest BCUT2D eigenvalue weighted by Crippen LogP contribution is 2.40. The molecule has 0 unspecified atom stereocenters. The lowest BCUT2D eigenvalue weighted by Crippen LogP contribution is -2.26. The highest BCUT2D eigenvalue weighted by atomic mass is 19.4. The summed E-state index contributed by atoms with van der Waals surface area (Å²) in [5.41, 5.74) is 9.31. The summed E-state index contributed by atoms with van der Waals surface area (Å²) in [6.07, 6.45) is -0.171. The first-order chi connectivity index (χ1) is 17.7. The van der Waals surface area contributed by atoms with Gasteiger partial charge in [-0.05, 0) is 51.2 Å². The quantitative estimate of drug-likeness (QED) is 0.296. The van der Waals surface area contributed by atoms with E-state index >= 15 is 0 Å². The van der Waals surface area contributed by atoms with Gasteiger partial charge in [0, 0.05) is 46.6 Å². The minimum absolute atomic E-state index is 0.0394. The zero-order chi connectivity index (χ0) is 26.6. The highest BCUT2D eigenvalue weighted by Gasteiger charge is 2.35. The van der Waals surface area contributed by atoms with E-state index < -0.39 is 11.7 Å². The minimum Gasteiger partial charge on any atom is -0.385 e. The largest absolute Gasteiger partial charge is 0.417 e. The molecule has 0 spiro atoms. The van der Waals surface area contributed by atoms with Gasteiger partial charge in [-0.1, -0.05) is 49.9 Å². The average Bonchev–Trinajstić information content (AvgIpc) is 2.89. The summed E-state index contributed by atoms with van der Waals surface area (Å²) in [5, 5.41) is 6.71. The third-order valence-corrected chi connectivity index (χ3v) is 6.90. The summed E-state index contributed by atoms with van der Waals surface area (Å²) in [6, 6.07) is 13.4. The van der Waals surface area contributed by atoms with Crippen molar-refractivity contribution in [1.82, 2.24) is 9.97 Å². The summed E-state index contributed by atoms with van der Waals surface area (Å²) in [5.74, 6) is 0.616. The second-order valence-corrected chi connectivity index (χ2v) is 9.64. The summed E-state index contributed by atoms with van der Waals surface area (Å²) in [7, 11) is 0. The molecule has 8 heteroatoms. The van der Waals surface area contributed by atoms with Crippen LogP contribution in [-0.2, 0) is 6.18 Å². The molecule has 1 aliphatic carbocycles. The maximum Gasteiger partial charge on any atom is 0.417 e. The first-order valence-corrected chi connectivity index (χ1v) is 12.8. The van der Waals surface area contributed by atoms with E-state index in [1.54, 1.807) is 6.07 Å². The number of nitrogens with zero attached hydrogens (tertiary/aromatic N) is 2. The van der Waals surface area contributed by atoms with Crippen LogP contribution in [0.25, 0.3) is 17.1 Å². The molecule has 3 aromatic rings. The first kappa shape index (κ1) is 26.7. The number of hydrogen-bond donors (Lipinski definition) is 3. The Bertz CT molecular complexity index is 1250. The van der Waals surface area contributed by atoms with Crippen molar-refractivity contribution in [1.29, 1.82) is 0 Å². The van der Waals surface area contributed by atoms with E-state index in [1.165, 1.54) is 12.1 Å². The molecule has 37 heavy (non-hydrogen) atoms. The fourth-order valence-electron chi connectivity index (χ4n) is 4.86. The van der Waals surface area contributed by atoms with Gasteiger partial charge in [0.05, 0.1) is 11.3 Å². The highest BCUT2D eigenvalue weighted by molar-refractivity contribution is 5.82. The molecule has 0 radical (unpaired) electrons. The van der Waals surface area contributed by atoms with Gasteiger partial charge in [-0.2, -0.15) is 13.2 Å². The molecule has 1 heterocycles. The normalized spacial score (nSPS) is 17.9. The monoisotopic (exact) mass is 509 g/mol. The van der Waals surface area contributed by atoms with Gasteiger partial charge < -0.3 is 16.4 Å². The summed E-state index contributed by atoms with van der Waals surface area (Å²) >= 11 is 0. The van der Waals surface area contributed by atoms with E-state index in [4.69, 9.17) is 10.7 Å². The summed E-state index contributed by atoms with van der Waals surface area (Å²) < 4.78 is 41.7. The van der Waals surface area contributed by atoms with Crippen LogP contribution in [0.4, 0.5) is 24.7 Å². The van der Waals surface area contributed by atoms with Crippen molar-refractivity contribution in [2.75, 3.05) is 17.2 Å². The lowest BCUT2D eigenvalue weighted by Gasteiger charge is -2.28. The van der Waals surface area contributed by atoms with E-state index in [-0.39, 0.29) is 23.3 Å². The maximum atomic E-state index is 13.9. The number of nitrogens with two attached hydrogens (primary N) is 1. The predicted molar refractivity (Wildman–Crippen MR) is 144 cm³/mol. The van der Waals surface area contributed by atoms with E-state index in [1.807, 2.05) is 31.2 Å². The van der Waals surface area contributed by atoms with E-state index in [0.29, 0.717) is 11.5 Å². The van der Waals surface area contributed by atoms with Gasteiger partial charge in [-0.25, -0.2) is 9.97 Å². The number of aromatic nitrogens is 2. The Labute approximate surface area is 216 Å². The number of alkyl halides is 3. The van der Waals surface area contributed by atoms with Crippen LogP contribution in [0, 0.1) is 6.92 Å². The van der Waals surface area contributed by atoms with Crippen molar-refractivity contribution in [2.45, 2.75) is 64.1 Å². The smallest absolute Gasteiger partial charge is 0.385 e. The molecular weight excluding hydrogens is 475 g/mol. The molecule has 196 valence electrons. The van der Waals surface area contributed by atoms with Crippen LogP contribution in [0.15, 0.2) is 55.1 Å². The molecule has 1 aliphatic rings. The molecule has 5 nitrogen and oxygen atoms in total. The van der Waals surface area contributed by atoms with Crippen LogP contribution >= 0.6 is 0 Å². The Hall–Kier alpha value is -3.39. The number of nitrogens with one attached hydrogen (secondary N) is 2. The molecule has 4 rings (SSSR count). The summed E-state index contributed by atoms with van der Waals surface area (Å²) in [6.45, 7) is 9.05. The van der Waals surface area contributed by atoms with Crippen molar-refractivity contribution in [3.8, 4) is 11.4 Å². The standard InChI is InChI=1S/C29H34F3N5/c1-4-17-34-25-12-8-6-9-22(25)19(3)35-27-18(2)26(20-13-15-21(33)16-14-20)36-28(37-27)23-10-5-7-11-24(23)29(30,31)32/h5-12,20-21,34H,3-4,13-17,33H2,1-2H3,(H,35,36,37). The molecule has 0 amide bonds. The third kappa shape index (κ3) is 6.13. The van der Waals surface area contributed by atoms with E-state index in [0.717, 1.165) is 67.2 Å². The first-order valence-electron chi connectivity index (χ1n) is 12.8. The zero-order valence-electron chi connectivity index (χ0n) is 21.3. The molecule has 2 aromatic carbocycles. The molecule has 1 saturated carbocycles. The van der Waals surface area contributed by atoms with Crippen LogP contribution in [0.1, 0.15) is 67.3 Å². The molecule has 4 N–H and O–H groups in total. The number of rotatable bonds is 8. The number of anilines is 2. The Morgan fingerprint density at radius 2 is 1.70 bits per heavy atom. The Kier molecular flexibility index (Phi) is 8.17. The average molecular weight is 510 g/mol. The molecular formula is C29H34F3N5. The van der Waals surface area contributed by atoms with E-state index in [9.17, 15) is 13.2 Å². The molecule has 0 bridgehead atoms. The fourth-order valence-corrected chi connectivity index (χ4v) is 4.86. The molecule has 0 saturated heterocycles. The lowest BCUT2D eigenvalue weighted by molar-refractivity contribution is -0.137. The third-order valence-electron chi connectivity index (χ3n) is 6.90. The zero-order valence-corrected chi connectivity index (χ0v) is 21.3. The van der Waals surface area contributed by atoms with Crippen LogP contribution in [0.2, 0.25) is 0 Å². The summed E-state index contributed by atoms with van der Waals surface area (Å²) in [4.78, 5) is 9.35. The van der Waals surface area contributed by atoms with Gasteiger partial charge in [0.2, 0.25) is 0 Å². The molecule has 1 aromatic heterocycles. The second-order valence-electron chi connectivity index (χ2n) is 9.64. The van der Waals surface area contributed by atoms with Crippen molar-refractivity contribution in [2.24, 2.45) is 5.73 Å². The number of para-hydroxylation sites is 1. The Morgan fingerprint density at radius 1 is 1.03 bits per heavy atom. The van der Waals surface area contributed by atoms with Crippen LogP contribution < -0.4 is 16.4 Å². The predicted octanol–water partition coefficient (Wildman–Crippen LogP) is 7.36. The van der Waals surface area contributed by atoms with Gasteiger partial charge in [-0.3, -0.25) is 0 Å². The molecule has 0 atom stereocenters. The maximum absolute atomic E-state index is 13.9. The van der Waals surface area contributed by atoms with Crippen molar-refractivity contribution in [3.63, 3.8) is 0 Å². The Balaban J connectivity index is 1.79. The lowest BCUT2D eigenvalue weighted by atomic mass is 9.83. The number of hydrogen-bond acceptors (Lipinski definition) is 5. The molecule has 1 fully saturated rings. The van der Waals surface area contributed by atoms with Crippen molar-refractivity contribution >= 4 is 17.2 Å². The number of halogens is 3. The second kappa shape index (κ2) is 11.3. The fraction of sp³-hybridized carbons (Fsp3) is 0.379. The SMILES string of the molecule is C=C(Nc1nc(-c2ccccc2C(F)(F)F)nc(C2CCC(N)CC2)c1C)c1ccccc1NCCC. The van der Waals surface area contributed by atoms with Crippen molar-refractivity contribution < 1.29 is 13.2 Å². The number of benzene rings is 2. The van der Waals surface area contributed by atoms with Gasteiger partial charge in [0.15, 0.2) is 5.82 Å². The molecule has 0 aliphatic heterocycles. The van der Waals surface area contributed by atoms with Crippen LogP contribution in [0.5, 0.6) is 0 Å². The van der Waals surface area contributed by atoms with Gasteiger partial charge >= 0.3 is 6.18 Å². The Morgan fingerprint density at radius 3 is 2.41 bits per heavy atom. The van der Waals surface area contributed by atoms with Crippen LogP contribution in [-0.4, -0.2) is 22.6 Å². The topological polar surface area (TPSA) is 75.9 Å². The van der Waals surface area contributed by atoms with Crippen molar-refractivity contribution in [3.05, 3.63) is 77.5 Å². The minimum atomic E-state index is -4.52. The van der Waals surface area contributed by atoms with Gasteiger partial charge in [-0.15, -0.1) is 0 Å². The van der Waals surface area contributed by atoms with Gasteiger partial charge in [0.1, 0.15) is 5.82 Å².